The summed E-state index contributed by atoms with van der Waals surface area (Å²) >= 11 is 11.7. The van der Waals surface area contributed by atoms with Crippen molar-refractivity contribution in [2.45, 2.75) is 19.4 Å². The third-order valence-electron chi connectivity index (χ3n) is 3.52. The van der Waals surface area contributed by atoms with Crippen LogP contribution >= 0.6 is 23.2 Å². The lowest BCUT2D eigenvalue weighted by Crippen LogP contribution is -2.43. The molecule has 4 nitrogen and oxygen atoms in total. The molecule has 0 saturated heterocycles. The van der Waals surface area contributed by atoms with E-state index < -0.39 is 17.8 Å². The lowest BCUT2D eigenvalue weighted by atomic mass is 9.82. The first-order valence-corrected chi connectivity index (χ1v) is 7.32. The number of hydrogen-bond donors (Lipinski definition) is 1. The largest absolute Gasteiger partial charge is 0.550 e. The molecule has 0 fully saturated rings. The van der Waals surface area contributed by atoms with Crippen LogP contribution in [0.15, 0.2) is 30.4 Å². The smallest absolute Gasteiger partial charge is 0.224 e. The van der Waals surface area contributed by atoms with Crippen LogP contribution in [-0.4, -0.2) is 11.9 Å². The van der Waals surface area contributed by atoms with Crippen molar-refractivity contribution in [2.24, 2.45) is 11.8 Å². The number of carboxylic acids is 1. The van der Waals surface area contributed by atoms with Crippen LogP contribution in [0.5, 0.6) is 0 Å². The first kappa shape index (κ1) is 15.9. The Morgan fingerprint density at radius 3 is 2.43 bits per heavy atom. The molecule has 6 heteroatoms. The Bertz CT molecular complexity index is 586. The van der Waals surface area contributed by atoms with Crippen molar-refractivity contribution in [3.05, 3.63) is 46.0 Å². The predicted octanol–water partition coefficient (Wildman–Crippen LogP) is 1.94. The number of rotatable bonds is 4. The SMILES string of the molecule is O=C([O-])[C@@H]1CC=CC[C@H]1C(=O)NCc1ccc(Cl)c(Cl)c1. The maximum Gasteiger partial charge on any atom is 0.224 e. The molecule has 1 aliphatic carbocycles. The van der Waals surface area contributed by atoms with E-state index >= 15 is 0 Å². The molecule has 1 aliphatic rings. The number of carbonyl (C=O) groups excluding carboxylic acids is 2. The van der Waals surface area contributed by atoms with E-state index in [-0.39, 0.29) is 12.5 Å². The van der Waals surface area contributed by atoms with E-state index in [0.29, 0.717) is 22.9 Å². The number of carbonyl (C=O) groups is 2. The normalized spacial score (nSPS) is 21.0. The van der Waals surface area contributed by atoms with E-state index in [4.69, 9.17) is 23.2 Å². The maximum atomic E-state index is 12.1. The van der Waals surface area contributed by atoms with Gasteiger partial charge in [-0.2, -0.15) is 0 Å². The van der Waals surface area contributed by atoms with E-state index in [1.165, 1.54) is 0 Å². The van der Waals surface area contributed by atoms with E-state index in [2.05, 4.69) is 5.32 Å². The Kier molecular flexibility index (Phi) is 5.26. The van der Waals surface area contributed by atoms with Gasteiger partial charge in [0.15, 0.2) is 0 Å². The van der Waals surface area contributed by atoms with Gasteiger partial charge in [-0.25, -0.2) is 0 Å². The molecule has 0 radical (unpaired) electrons. The molecular formula is C15H14Cl2NO3-. The summed E-state index contributed by atoms with van der Waals surface area (Å²) in [6.45, 7) is 0.274. The van der Waals surface area contributed by atoms with Gasteiger partial charge in [0.25, 0.3) is 0 Å². The van der Waals surface area contributed by atoms with Gasteiger partial charge in [-0.15, -0.1) is 0 Å². The Morgan fingerprint density at radius 2 is 1.81 bits per heavy atom. The Morgan fingerprint density at radius 1 is 1.14 bits per heavy atom. The highest BCUT2D eigenvalue weighted by molar-refractivity contribution is 6.42. The summed E-state index contributed by atoms with van der Waals surface area (Å²) < 4.78 is 0. The zero-order valence-electron chi connectivity index (χ0n) is 11.1. The van der Waals surface area contributed by atoms with Gasteiger partial charge in [-0.3, -0.25) is 4.79 Å². The summed E-state index contributed by atoms with van der Waals surface area (Å²) in [7, 11) is 0. The minimum Gasteiger partial charge on any atom is -0.550 e. The van der Waals surface area contributed by atoms with Crippen LogP contribution < -0.4 is 10.4 Å². The Balaban J connectivity index is 1.99. The van der Waals surface area contributed by atoms with Crippen LogP contribution in [0.1, 0.15) is 18.4 Å². The number of carboxylic acid groups (broad SMARTS) is 1. The van der Waals surface area contributed by atoms with Crippen molar-refractivity contribution >= 4 is 35.1 Å². The number of nitrogens with one attached hydrogen (secondary N) is 1. The number of hydrogen-bond acceptors (Lipinski definition) is 3. The molecule has 2 atom stereocenters. The third kappa shape index (κ3) is 3.99. The van der Waals surface area contributed by atoms with Crippen molar-refractivity contribution in [2.75, 3.05) is 0 Å². The fourth-order valence-corrected chi connectivity index (χ4v) is 2.66. The van der Waals surface area contributed by atoms with E-state index in [9.17, 15) is 14.7 Å². The van der Waals surface area contributed by atoms with Gasteiger partial charge in [0.2, 0.25) is 5.91 Å². The second-order valence-electron chi connectivity index (χ2n) is 4.94. The lowest BCUT2D eigenvalue weighted by Gasteiger charge is -2.28. The second-order valence-corrected chi connectivity index (χ2v) is 5.76. The highest BCUT2D eigenvalue weighted by Crippen LogP contribution is 2.26. The Labute approximate surface area is 132 Å². The van der Waals surface area contributed by atoms with Crippen molar-refractivity contribution in [1.82, 2.24) is 5.32 Å². The molecule has 0 bridgehead atoms. The van der Waals surface area contributed by atoms with Gasteiger partial charge in [-0.05, 0) is 30.5 Å². The van der Waals surface area contributed by atoms with Crippen LogP contribution in [0.3, 0.4) is 0 Å². The number of benzene rings is 1. The predicted molar refractivity (Wildman–Crippen MR) is 78.7 cm³/mol. The van der Waals surface area contributed by atoms with Gasteiger partial charge >= 0.3 is 0 Å². The van der Waals surface area contributed by atoms with Gasteiger partial charge < -0.3 is 15.2 Å². The molecule has 112 valence electrons. The van der Waals surface area contributed by atoms with Gasteiger partial charge in [0.05, 0.1) is 10.0 Å². The number of allylic oxidation sites excluding steroid dienone is 2. The average molecular weight is 327 g/mol. The summed E-state index contributed by atoms with van der Waals surface area (Å²) in [6.07, 6.45) is 4.32. The van der Waals surface area contributed by atoms with Gasteiger partial charge in [0, 0.05) is 24.3 Å². The summed E-state index contributed by atoms with van der Waals surface area (Å²) in [5.41, 5.74) is 0.800. The van der Waals surface area contributed by atoms with Gasteiger partial charge in [-0.1, -0.05) is 41.4 Å². The quantitative estimate of drug-likeness (QED) is 0.860. The summed E-state index contributed by atoms with van der Waals surface area (Å²) in [5.74, 6) is -2.85. The highest BCUT2D eigenvalue weighted by Gasteiger charge is 2.29. The number of amides is 1. The molecule has 1 N–H and O–H groups in total. The summed E-state index contributed by atoms with van der Waals surface area (Å²) in [4.78, 5) is 23.2. The third-order valence-corrected chi connectivity index (χ3v) is 4.26. The standard InChI is InChI=1S/C15H15Cl2NO3/c16-12-6-5-9(7-13(12)17)8-18-14(19)10-3-1-2-4-11(10)15(20)21/h1-2,5-7,10-11H,3-4,8H2,(H,18,19)(H,20,21)/p-1/t10-,11-/m1/s1. The highest BCUT2D eigenvalue weighted by atomic mass is 35.5. The molecule has 1 aromatic carbocycles. The second kappa shape index (κ2) is 6.96. The molecule has 1 aromatic rings. The first-order chi connectivity index (χ1) is 9.99. The molecule has 0 heterocycles. The van der Waals surface area contributed by atoms with E-state index in [1.807, 2.05) is 6.08 Å². The van der Waals surface area contributed by atoms with Gasteiger partial charge in [0.1, 0.15) is 0 Å². The van der Waals surface area contributed by atoms with Crippen molar-refractivity contribution < 1.29 is 14.7 Å². The van der Waals surface area contributed by atoms with E-state index in [1.54, 1.807) is 24.3 Å². The molecule has 0 spiro atoms. The topological polar surface area (TPSA) is 69.2 Å². The fraction of sp³-hybridized carbons (Fsp3) is 0.333. The minimum atomic E-state index is -1.19. The van der Waals surface area contributed by atoms with Crippen LogP contribution in [0.25, 0.3) is 0 Å². The van der Waals surface area contributed by atoms with E-state index in [0.717, 1.165) is 5.56 Å². The zero-order valence-corrected chi connectivity index (χ0v) is 12.7. The number of aliphatic carboxylic acids is 1. The molecule has 1 amide bonds. The van der Waals surface area contributed by atoms with Crippen LogP contribution in [0.4, 0.5) is 0 Å². The lowest BCUT2D eigenvalue weighted by molar-refractivity contribution is -0.313. The average Bonchev–Trinajstić information content (AvgIpc) is 2.48. The molecule has 21 heavy (non-hydrogen) atoms. The first-order valence-electron chi connectivity index (χ1n) is 6.56. The number of halogens is 2. The maximum absolute atomic E-state index is 12.1. The van der Waals surface area contributed by atoms with Crippen LogP contribution in [-0.2, 0) is 16.1 Å². The molecule has 0 aliphatic heterocycles. The summed E-state index contributed by atoms with van der Waals surface area (Å²) in [5, 5.41) is 14.7. The van der Waals surface area contributed by atoms with Crippen LogP contribution in [0, 0.1) is 11.8 Å². The van der Waals surface area contributed by atoms with Crippen LogP contribution in [0.2, 0.25) is 10.0 Å². The Hall–Kier alpha value is -1.52. The van der Waals surface area contributed by atoms with Crippen molar-refractivity contribution in [3.8, 4) is 0 Å². The molecular weight excluding hydrogens is 313 g/mol. The minimum absolute atomic E-state index is 0.274. The monoisotopic (exact) mass is 326 g/mol. The molecule has 2 rings (SSSR count). The van der Waals surface area contributed by atoms with Crippen molar-refractivity contribution in [1.29, 1.82) is 0 Å². The molecule has 0 unspecified atom stereocenters. The molecule has 0 saturated carbocycles. The van der Waals surface area contributed by atoms with Crippen molar-refractivity contribution in [3.63, 3.8) is 0 Å². The zero-order chi connectivity index (χ0) is 15.4. The summed E-state index contributed by atoms with van der Waals surface area (Å²) in [6, 6.07) is 5.07. The fourth-order valence-electron chi connectivity index (χ4n) is 2.33. The molecule has 0 aromatic heterocycles.